The van der Waals surface area contributed by atoms with Gasteiger partial charge in [-0.3, -0.25) is 0 Å². The normalized spacial score (nSPS) is 13.7. The van der Waals surface area contributed by atoms with Crippen LogP contribution < -0.4 is 10.6 Å². The first-order chi connectivity index (χ1) is 21.6. The molecule has 2 aromatic heterocycles. The van der Waals surface area contributed by atoms with Crippen LogP contribution >= 0.6 is 0 Å². The summed E-state index contributed by atoms with van der Waals surface area (Å²) in [6.45, 7) is 10.4. The van der Waals surface area contributed by atoms with Crippen LogP contribution in [0.4, 0.5) is 15.4 Å². The minimum atomic E-state index is -3.39. The molecule has 0 bridgehead atoms. The van der Waals surface area contributed by atoms with Gasteiger partial charge in [0.25, 0.3) is 0 Å². The predicted molar refractivity (Wildman–Crippen MR) is 171 cm³/mol. The molecular weight excluding hydrogens is 610 g/mol. The van der Waals surface area contributed by atoms with Crippen molar-refractivity contribution in [2.24, 2.45) is 5.73 Å². The van der Waals surface area contributed by atoms with Crippen LogP contribution in [-0.2, 0) is 25.9 Å². The number of aromatic nitrogens is 3. The number of nitrogens with two attached hydrogens (primary N) is 1. The van der Waals surface area contributed by atoms with Crippen molar-refractivity contribution in [2.75, 3.05) is 4.90 Å². The number of hydrogen-bond donors (Lipinski definition) is 1. The molecule has 1 aliphatic carbocycles. The molecule has 0 unspecified atom stereocenters. The molecule has 0 aliphatic heterocycles. The predicted octanol–water partition coefficient (Wildman–Crippen LogP) is 6.54. The Hall–Kier alpha value is -4.62. The first kappa shape index (κ1) is 32.8. The molecule has 2 N–H and O–H groups in total. The number of amides is 2. The number of carbonyl (C=O) groups is 2. The smallest absolute Gasteiger partial charge is 0.425 e. The van der Waals surface area contributed by atoms with E-state index in [1.165, 1.54) is 18.3 Å². The Morgan fingerprint density at radius 2 is 1.43 bits per heavy atom. The molecule has 13 heteroatoms. The number of carbonyl (C=O) groups excluding carboxylic acids is 2. The van der Waals surface area contributed by atoms with Crippen LogP contribution in [0.5, 0.6) is 0 Å². The third-order valence-corrected chi connectivity index (χ3v) is 9.07. The van der Waals surface area contributed by atoms with Crippen molar-refractivity contribution in [3.05, 3.63) is 66.4 Å². The second-order valence-corrected chi connectivity index (χ2v) is 15.2. The number of sulfone groups is 1. The molecule has 12 nitrogen and oxygen atoms in total. The molecule has 2 aromatic carbocycles. The first-order valence-electron chi connectivity index (χ1n) is 14.8. The lowest BCUT2D eigenvalue weighted by atomic mass is 10.1. The molecule has 4 aromatic rings. The average Bonchev–Trinajstić information content (AvgIpc) is 3.74. The second kappa shape index (κ2) is 12.3. The highest BCUT2D eigenvalue weighted by Gasteiger charge is 2.38. The molecule has 5 rings (SSSR count). The lowest BCUT2D eigenvalue weighted by Gasteiger charge is -2.28. The Morgan fingerprint density at radius 3 is 1.96 bits per heavy atom. The van der Waals surface area contributed by atoms with Gasteiger partial charge in [-0.2, -0.15) is 4.90 Å². The Labute approximate surface area is 267 Å². The van der Waals surface area contributed by atoms with Gasteiger partial charge < -0.3 is 19.7 Å². The fourth-order valence-corrected chi connectivity index (χ4v) is 6.09. The van der Waals surface area contributed by atoms with Gasteiger partial charge in [-0.15, -0.1) is 0 Å². The van der Waals surface area contributed by atoms with Crippen LogP contribution in [0.3, 0.4) is 0 Å². The molecule has 0 spiro atoms. The van der Waals surface area contributed by atoms with E-state index in [9.17, 15) is 18.0 Å². The number of imide groups is 1. The maximum atomic E-state index is 13.5. The van der Waals surface area contributed by atoms with E-state index in [1.807, 2.05) is 24.3 Å². The summed E-state index contributed by atoms with van der Waals surface area (Å²) in [5.74, 6) is -0.103. The van der Waals surface area contributed by atoms with Gasteiger partial charge in [0.1, 0.15) is 16.9 Å². The molecule has 0 radical (unpaired) electrons. The summed E-state index contributed by atoms with van der Waals surface area (Å²) < 4.78 is 42.3. The van der Waals surface area contributed by atoms with E-state index in [0.29, 0.717) is 41.2 Å². The van der Waals surface area contributed by atoms with Gasteiger partial charge in [-0.25, -0.2) is 28.0 Å². The lowest BCUT2D eigenvalue weighted by Crippen LogP contribution is -2.44. The highest BCUT2D eigenvalue weighted by molar-refractivity contribution is 7.92. The van der Waals surface area contributed by atoms with Gasteiger partial charge in [0, 0.05) is 23.7 Å². The molecule has 1 aliphatic rings. The van der Waals surface area contributed by atoms with Crippen molar-refractivity contribution in [2.45, 2.75) is 82.3 Å². The summed E-state index contributed by atoms with van der Waals surface area (Å²) >= 11 is 0. The number of hydrogen-bond acceptors (Lipinski definition) is 11. The van der Waals surface area contributed by atoms with Gasteiger partial charge in [0.15, 0.2) is 27.1 Å². The zero-order valence-electron chi connectivity index (χ0n) is 26.6. The van der Waals surface area contributed by atoms with E-state index < -0.39 is 33.2 Å². The van der Waals surface area contributed by atoms with E-state index in [-0.39, 0.29) is 27.4 Å². The van der Waals surface area contributed by atoms with Gasteiger partial charge in [-0.05, 0) is 72.1 Å². The monoisotopic (exact) mass is 647 g/mol. The number of nitrogens with zero attached hydrogens (tertiary/aromatic N) is 4. The highest BCUT2D eigenvalue weighted by Crippen LogP contribution is 2.36. The highest BCUT2D eigenvalue weighted by atomic mass is 32.2. The molecular formula is C33H37N5O7S. The fraction of sp³-hybridized carbons (Fsp3) is 0.364. The molecule has 242 valence electrons. The summed E-state index contributed by atoms with van der Waals surface area (Å²) in [5, 5.41) is 3.85. The standard InChI is InChI=1S/C33H37N5O7S/c1-32(2,3)43-30(39)38(31(40)44-33(4,5)6)29-28(27-17-25(37-45-27)21-9-7-20(18-34)8-10-21)36-26(19-35-29)22-11-13-23(14-12-22)46(41,42)24-15-16-24/h7-14,17,19,24H,15-16,18,34H2,1-6H3. The van der Waals surface area contributed by atoms with Crippen molar-refractivity contribution in [1.82, 2.24) is 15.1 Å². The van der Waals surface area contributed by atoms with E-state index in [0.717, 1.165) is 11.1 Å². The number of ether oxygens (including phenoxy) is 2. The van der Waals surface area contributed by atoms with Crippen LogP contribution in [0.15, 0.2) is 70.2 Å². The molecule has 1 saturated carbocycles. The third kappa shape index (κ3) is 7.43. The lowest BCUT2D eigenvalue weighted by molar-refractivity contribution is 0.0429. The van der Waals surface area contributed by atoms with E-state index >= 15 is 0 Å². The molecule has 2 amide bonds. The zero-order chi connectivity index (χ0) is 33.4. The van der Waals surface area contributed by atoms with Gasteiger partial charge in [0.05, 0.1) is 22.0 Å². The number of benzene rings is 2. The molecule has 0 atom stereocenters. The van der Waals surface area contributed by atoms with Crippen LogP contribution in [0.1, 0.15) is 59.9 Å². The Bertz CT molecular complexity index is 1820. The molecule has 46 heavy (non-hydrogen) atoms. The maximum absolute atomic E-state index is 13.5. The molecule has 0 saturated heterocycles. The summed E-state index contributed by atoms with van der Waals surface area (Å²) in [7, 11) is -3.39. The van der Waals surface area contributed by atoms with E-state index in [4.69, 9.17) is 24.7 Å². The number of anilines is 1. The maximum Gasteiger partial charge on any atom is 0.425 e. The van der Waals surface area contributed by atoms with Crippen LogP contribution in [-0.4, -0.2) is 52.2 Å². The van der Waals surface area contributed by atoms with Gasteiger partial charge in [0.2, 0.25) is 0 Å². The Kier molecular flexibility index (Phi) is 8.75. The summed E-state index contributed by atoms with van der Waals surface area (Å²) in [6.07, 6.45) is 0.618. The molecule has 2 heterocycles. The Morgan fingerprint density at radius 1 is 0.891 bits per heavy atom. The van der Waals surface area contributed by atoms with Crippen molar-refractivity contribution in [3.8, 4) is 34.0 Å². The van der Waals surface area contributed by atoms with Crippen molar-refractivity contribution >= 4 is 27.8 Å². The first-order valence-corrected chi connectivity index (χ1v) is 16.3. The van der Waals surface area contributed by atoms with Crippen molar-refractivity contribution < 1.29 is 32.0 Å². The SMILES string of the molecule is CC(C)(C)OC(=O)N(C(=O)OC(C)(C)C)c1ncc(-c2ccc(S(=O)(=O)C3CC3)cc2)nc1-c1cc(-c2ccc(CN)cc2)no1. The minimum absolute atomic E-state index is 0.00113. The third-order valence-electron chi connectivity index (χ3n) is 6.79. The zero-order valence-corrected chi connectivity index (χ0v) is 27.4. The van der Waals surface area contributed by atoms with Crippen LogP contribution in [0.25, 0.3) is 34.0 Å². The van der Waals surface area contributed by atoms with Crippen LogP contribution in [0, 0.1) is 0 Å². The average molecular weight is 648 g/mol. The van der Waals surface area contributed by atoms with Crippen molar-refractivity contribution in [3.63, 3.8) is 0 Å². The minimum Gasteiger partial charge on any atom is -0.443 e. The van der Waals surface area contributed by atoms with E-state index in [1.54, 1.807) is 59.7 Å². The van der Waals surface area contributed by atoms with Gasteiger partial charge >= 0.3 is 12.2 Å². The van der Waals surface area contributed by atoms with Crippen LogP contribution in [0.2, 0.25) is 0 Å². The quantitative estimate of drug-likeness (QED) is 0.231. The largest absolute Gasteiger partial charge is 0.443 e. The molecule has 1 fully saturated rings. The number of rotatable bonds is 7. The fourth-order valence-electron chi connectivity index (χ4n) is 4.43. The summed E-state index contributed by atoms with van der Waals surface area (Å²) in [4.78, 5) is 37.2. The second-order valence-electron chi connectivity index (χ2n) is 13.0. The Balaban J connectivity index is 1.63. The van der Waals surface area contributed by atoms with Crippen molar-refractivity contribution in [1.29, 1.82) is 0 Å². The topological polar surface area (TPSA) is 168 Å². The van der Waals surface area contributed by atoms with E-state index in [2.05, 4.69) is 10.1 Å². The summed E-state index contributed by atoms with van der Waals surface area (Å²) in [6, 6.07) is 15.4. The summed E-state index contributed by atoms with van der Waals surface area (Å²) in [5.41, 5.74) is 6.84. The van der Waals surface area contributed by atoms with Gasteiger partial charge in [-0.1, -0.05) is 41.6 Å².